The molecule has 2 rings (SSSR count). The number of hydrogen-bond donors (Lipinski definition) is 3. The zero-order chi connectivity index (χ0) is 17.0. The van der Waals surface area contributed by atoms with Crippen LogP contribution in [0, 0.1) is 0 Å². The van der Waals surface area contributed by atoms with Crippen molar-refractivity contribution in [3.63, 3.8) is 0 Å². The number of methoxy groups -OCH3 is 1. The fraction of sp³-hybridized carbons (Fsp3) is 0.250. The molecule has 1 unspecified atom stereocenters. The lowest BCUT2D eigenvalue weighted by Crippen LogP contribution is -2.32. The molecule has 0 saturated carbocycles. The third-order valence-corrected chi connectivity index (χ3v) is 3.39. The summed E-state index contributed by atoms with van der Waals surface area (Å²) in [5.41, 5.74) is -0.0362. The first kappa shape index (κ1) is 16.7. The molecule has 0 amide bonds. The van der Waals surface area contributed by atoms with Crippen molar-refractivity contribution < 1.29 is 24.9 Å². The number of carbonyl (C=O) groups is 1. The summed E-state index contributed by atoms with van der Waals surface area (Å²) in [6, 6.07) is 9.57. The zero-order valence-corrected chi connectivity index (χ0v) is 12.5. The molecule has 3 N–H and O–H groups in total. The third kappa shape index (κ3) is 3.58. The molecule has 0 aliphatic rings. The Kier molecular flexibility index (Phi) is 5.15. The molecular weight excluding hydrogens is 302 g/mol. The second-order valence-corrected chi connectivity index (χ2v) is 4.92. The van der Waals surface area contributed by atoms with Gasteiger partial charge in [0, 0.05) is 0 Å². The van der Waals surface area contributed by atoms with Crippen molar-refractivity contribution >= 4 is 5.97 Å². The van der Waals surface area contributed by atoms with E-state index in [0.29, 0.717) is 17.0 Å². The largest absolute Gasteiger partial charge is 0.497 e. The first-order chi connectivity index (χ1) is 11.0. The van der Waals surface area contributed by atoms with E-state index in [1.165, 1.54) is 19.2 Å². The second-order valence-electron chi connectivity index (χ2n) is 4.92. The molecule has 0 radical (unpaired) electrons. The van der Waals surface area contributed by atoms with E-state index in [0.717, 1.165) is 4.57 Å². The van der Waals surface area contributed by atoms with Gasteiger partial charge in [0.15, 0.2) is 0 Å². The monoisotopic (exact) mass is 319 g/mol. The number of nitrogens with zero attached hydrogens (tertiary/aromatic N) is 1. The van der Waals surface area contributed by atoms with E-state index in [-0.39, 0.29) is 6.54 Å². The molecule has 23 heavy (non-hydrogen) atoms. The standard InChI is InChI=1S/C16H17NO6/c1-23-12-4-2-10(3-5-12)14-7-6-13(16(21)22)15(20)17(14)8-11(19)9-18/h2-7,11,18-19H,8-9H2,1H3,(H,21,22). The van der Waals surface area contributed by atoms with Crippen LogP contribution < -0.4 is 10.3 Å². The maximum absolute atomic E-state index is 12.3. The minimum Gasteiger partial charge on any atom is -0.497 e. The summed E-state index contributed by atoms with van der Waals surface area (Å²) in [5, 5.41) is 27.7. The number of aliphatic hydroxyl groups is 2. The SMILES string of the molecule is COc1ccc(-c2ccc(C(=O)O)c(=O)n2CC(O)CO)cc1. The highest BCUT2D eigenvalue weighted by Gasteiger charge is 2.17. The summed E-state index contributed by atoms with van der Waals surface area (Å²) < 4.78 is 6.22. The molecular formula is C16H17NO6. The van der Waals surface area contributed by atoms with Crippen LogP contribution in [0.5, 0.6) is 5.75 Å². The van der Waals surface area contributed by atoms with Crippen LogP contribution in [-0.4, -0.2) is 45.7 Å². The fourth-order valence-electron chi connectivity index (χ4n) is 2.20. The van der Waals surface area contributed by atoms with Gasteiger partial charge in [-0.15, -0.1) is 0 Å². The van der Waals surface area contributed by atoms with Gasteiger partial charge in [-0.2, -0.15) is 0 Å². The molecule has 0 aliphatic carbocycles. The van der Waals surface area contributed by atoms with E-state index in [1.807, 2.05) is 0 Å². The topological polar surface area (TPSA) is 109 Å². The Labute approximate surface area is 132 Å². The molecule has 0 spiro atoms. The Hall–Kier alpha value is -2.64. The summed E-state index contributed by atoms with van der Waals surface area (Å²) in [5.74, 6) is -0.705. The average molecular weight is 319 g/mol. The van der Waals surface area contributed by atoms with Crippen molar-refractivity contribution in [2.75, 3.05) is 13.7 Å². The Bertz CT molecular complexity index is 750. The first-order valence-corrected chi connectivity index (χ1v) is 6.88. The van der Waals surface area contributed by atoms with Crippen LogP contribution in [0.2, 0.25) is 0 Å². The zero-order valence-electron chi connectivity index (χ0n) is 12.5. The van der Waals surface area contributed by atoms with E-state index in [2.05, 4.69) is 0 Å². The van der Waals surface area contributed by atoms with Gasteiger partial charge in [-0.1, -0.05) is 0 Å². The number of hydrogen-bond acceptors (Lipinski definition) is 5. The molecule has 7 heteroatoms. The summed E-state index contributed by atoms with van der Waals surface area (Å²) in [7, 11) is 1.53. The number of rotatable bonds is 6. The highest BCUT2D eigenvalue weighted by atomic mass is 16.5. The van der Waals surface area contributed by atoms with Gasteiger partial charge < -0.3 is 24.6 Å². The van der Waals surface area contributed by atoms with Crippen LogP contribution in [0.15, 0.2) is 41.2 Å². The lowest BCUT2D eigenvalue weighted by molar-refractivity contribution is 0.0688. The van der Waals surface area contributed by atoms with Crippen LogP contribution >= 0.6 is 0 Å². The van der Waals surface area contributed by atoms with Crippen molar-refractivity contribution in [3.05, 3.63) is 52.3 Å². The third-order valence-electron chi connectivity index (χ3n) is 3.39. The molecule has 7 nitrogen and oxygen atoms in total. The van der Waals surface area contributed by atoms with Gasteiger partial charge in [-0.25, -0.2) is 4.79 Å². The molecule has 1 heterocycles. The van der Waals surface area contributed by atoms with Crippen LogP contribution in [0.1, 0.15) is 10.4 Å². The molecule has 1 atom stereocenters. The Morgan fingerprint density at radius 2 is 1.87 bits per heavy atom. The predicted molar refractivity (Wildman–Crippen MR) is 82.7 cm³/mol. The lowest BCUT2D eigenvalue weighted by Gasteiger charge is -2.16. The lowest BCUT2D eigenvalue weighted by atomic mass is 10.1. The van der Waals surface area contributed by atoms with Crippen LogP contribution in [0.4, 0.5) is 0 Å². The molecule has 0 fully saturated rings. The summed E-state index contributed by atoms with van der Waals surface area (Å²) in [6.07, 6.45) is -1.17. The number of carboxylic acid groups (broad SMARTS) is 1. The Morgan fingerprint density at radius 3 is 2.39 bits per heavy atom. The number of pyridine rings is 1. The van der Waals surface area contributed by atoms with Crippen LogP contribution in [0.3, 0.4) is 0 Å². The quantitative estimate of drug-likeness (QED) is 0.718. The van der Waals surface area contributed by atoms with E-state index in [9.17, 15) is 14.7 Å². The smallest absolute Gasteiger partial charge is 0.341 e. The van der Waals surface area contributed by atoms with Gasteiger partial charge in [0.25, 0.3) is 5.56 Å². The number of carboxylic acids is 1. The average Bonchev–Trinajstić information content (AvgIpc) is 2.56. The Balaban J connectivity index is 2.59. The van der Waals surface area contributed by atoms with Crippen LogP contribution in [-0.2, 0) is 6.54 Å². The maximum atomic E-state index is 12.3. The van der Waals surface area contributed by atoms with E-state index >= 15 is 0 Å². The van der Waals surface area contributed by atoms with Crippen molar-refractivity contribution in [2.45, 2.75) is 12.6 Å². The minimum atomic E-state index is -1.34. The van der Waals surface area contributed by atoms with Gasteiger partial charge >= 0.3 is 5.97 Å². The summed E-state index contributed by atoms with van der Waals surface area (Å²) >= 11 is 0. The van der Waals surface area contributed by atoms with E-state index in [4.69, 9.17) is 14.9 Å². The van der Waals surface area contributed by atoms with Crippen LogP contribution in [0.25, 0.3) is 11.3 Å². The van der Waals surface area contributed by atoms with Gasteiger partial charge in [0.05, 0.1) is 32.1 Å². The van der Waals surface area contributed by atoms with E-state index < -0.39 is 29.8 Å². The molecule has 1 aromatic heterocycles. The fourth-order valence-corrected chi connectivity index (χ4v) is 2.20. The van der Waals surface area contributed by atoms with Crippen molar-refractivity contribution in [1.29, 1.82) is 0 Å². The number of ether oxygens (including phenoxy) is 1. The van der Waals surface area contributed by atoms with Crippen molar-refractivity contribution in [3.8, 4) is 17.0 Å². The van der Waals surface area contributed by atoms with Crippen molar-refractivity contribution in [1.82, 2.24) is 4.57 Å². The molecule has 0 aliphatic heterocycles. The molecule has 1 aromatic carbocycles. The van der Waals surface area contributed by atoms with Gasteiger partial charge in [-0.05, 0) is 42.0 Å². The molecule has 0 saturated heterocycles. The molecule has 122 valence electrons. The number of benzene rings is 1. The van der Waals surface area contributed by atoms with Gasteiger partial charge in [0.1, 0.15) is 11.3 Å². The summed E-state index contributed by atoms with van der Waals surface area (Å²) in [6.45, 7) is -0.746. The van der Waals surface area contributed by atoms with Gasteiger partial charge in [0.2, 0.25) is 0 Å². The highest BCUT2D eigenvalue weighted by Crippen LogP contribution is 2.22. The van der Waals surface area contributed by atoms with Crippen molar-refractivity contribution in [2.24, 2.45) is 0 Å². The Morgan fingerprint density at radius 1 is 1.22 bits per heavy atom. The maximum Gasteiger partial charge on any atom is 0.341 e. The molecule has 0 bridgehead atoms. The molecule has 2 aromatic rings. The second kappa shape index (κ2) is 7.08. The highest BCUT2D eigenvalue weighted by molar-refractivity contribution is 5.87. The predicted octanol–water partition coefficient (Wildman–Crippen LogP) is 0.575. The number of aromatic carboxylic acids is 1. The van der Waals surface area contributed by atoms with E-state index in [1.54, 1.807) is 24.3 Å². The summed E-state index contributed by atoms with van der Waals surface area (Å²) in [4.78, 5) is 23.5. The minimum absolute atomic E-state index is 0.211. The number of aromatic nitrogens is 1. The first-order valence-electron chi connectivity index (χ1n) is 6.88. The normalized spacial score (nSPS) is 12.0. The van der Waals surface area contributed by atoms with Gasteiger partial charge in [-0.3, -0.25) is 4.79 Å². The number of aliphatic hydroxyl groups excluding tert-OH is 2.